The Bertz CT molecular complexity index is 532. The van der Waals surface area contributed by atoms with E-state index in [1.807, 2.05) is 18.2 Å². The number of hydrogen-bond donors (Lipinski definition) is 1. The maximum Gasteiger partial charge on any atom is 0.119 e. The van der Waals surface area contributed by atoms with Crippen LogP contribution in [0, 0.1) is 0 Å². The van der Waals surface area contributed by atoms with E-state index in [1.165, 1.54) is 24.8 Å². The van der Waals surface area contributed by atoms with Crippen molar-refractivity contribution in [2.75, 3.05) is 0 Å². The van der Waals surface area contributed by atoms with Crippen LogP contribution in [0.3, 0.4) is 0 Å². The summed E-state index contributed by atoms with van der Waals surface area (Å²) in [5.74, 6) is 1.60. The Kier molecular flexibility index (Phi) is 3.54. The van der Waals surface area contributed by atoms with E-state index >= 15 is 0 Å². The molecule has 1 fully saturated rings. The first kappa shape index (κ1) is 12.3. The lowest BCUT2D eigenvalue weighted by atomic mass is 9.75. The van der Waals surface area contributed by atoms with Crippen LogP contribution in [0.25, 0.3) is 0 Å². The molecule has 2 atom stereocenters. The zero-order valence-electron chi connectivity index (χ0n) is 11.1. The Balaban J connectivity index is 1.81. The van der Waals surface area contributed by atoms with Gasteiger partial charge in [0, 0.05) is 0 Å². The molecule has 19 heavy (non-hydrogen) atoms. The normalized spacial score (nSPS) is 23.2. The summed E-state index contributed by atoms with van der Waals surface area (Å²) in [7, 11) is 0. The van der Waals surface area contributed by atoms with E-state index in [9.17, 15) is 5.11 Å². The molecule has 3 rings (SSSR count). The Morgan fingerprint density at radius 1 is 0.789 bits per heavy atom. The lowest BCUT2D eigenvalue weighted by Gasteiger charge is -2.30. The van der Waals surface area contributed by atoms with Crippen LogP contribution >= 0.6 is 0 Å². The number of para-hydroxylation sites is 1. The molecule has 1 aliphatic rings. The van der Waals surface area contributed by atoms with Crippen LogP contribution in [0.2, 0.25) is 0 Å². The first-order chi connectivity index (χ1) is 9.34. The van der Waals surface area contributed by atoms with Crippen LogP contribution in [0.4, 0.5) is 0 Å². The van der Waals surface area contributed by atoms with Gasteiger partial charge in [0.25, 0.3) is 0 Å². The molecule has 0 radical (unpaired) electrons. The summed E-state index contributed by atoms with van der Waals surface area (Å²) in [6.07, 6.45) is 4.87. The van der Waals surface area contributed by atoms with Crippen molar-refractivity contribution in [1.82, 2.24) is 0 Å². The average molecular weight is 252 g/mol. The second kappa shape index (κ2) is 5.48. The molecule has 1 aliphatic carbocycles. The number of rotatable bonds is 2. The van der Waals surface area contributed by atoms with Crippen molar-refractivity contribution in [3.63, 3.8) is 0 Å². The number of aromatic hydroxyl groups is 1. The van der Waals surface area contributed by atoms with Gasteiger partial charge in [-0.3, -0.25) is 0 Å². The van der Waals surface area contributed by atoms with Gasteiger partial charge in [-0.25, -0.2) is 0 Å². The summed E-state index contributed by atoms with van der Waals surface area (Å²) in [6.45, 7) is 0. The Hall–Kier alpha value is -1.76. The van der Waals surface area contributed by atoms with Crippen molar-refractivity contribution in [2.45, 2.75) is 37.5 Å². The van der Waals surface area contributed by atoms with Crippen molar-refractivity contribution in [3.8, 4) is 5.75 Å². The lowest BCUT2D eigenvalue weighted by molar-refractivity contribution is 0.379. The van der Waals surface area contributed by atoms with E-state index in [0.717, 1.165) is 12.0 Å². The summed E-state index contributed by atoms with van der Waals surface area (Å²) in [5.41, 5.74) is 2.57. The van der Waals surface area contributed by atoms with Gasteiger partial charge < -0.3 is 5.11 Å². The first-order valence-corrected chi connectivity index (χ1v) is 7.17. The fraction of sp³-hybridized carbons (Fsp3) is 0.333. The van der Waals surface area contributed by atoms with Crippen molar-refractivity contribution >= 4 is 0 Å². The smallest absolute Gasteiger partial charge is 0.119 e. The van der Waals surface area contributed by atoms with E-state index in [1.54, 1.807) is 0 Å². The standard InChI is InChI=1S/C18H20O/c19-18-12-5-4-11-17(18)16-10-6-9-15(13-16)14-7-2-1-3-8-14/h1-5,7-8,11-12,15-16,19H,6,9-10,13H2/t15-,16+/m1/s1. The number of benzene rings is 2. The van der Waals surface area contributed by atoms with Gasteiger partial charge in [0.1, 0.15) is 5.75 Å². The second-order valence-electron chi connectivity index (χ2n) is 5.53. The Labute approximate surface area is 114 Å². The van der Waals surface area contributed by atoms with E-state index in [0.29, 0.717) is 17.6 Å². The second-order valence-corrected chi connectivity index (χ2v) is 5.53. The molecule has 0 unspecified atom stereocenters. The third-order valence-corrected chi connectivity index (χ3v) is 4.32. The highest BCUT2D eigenvalue weighted by Gasteiger charge is 2.25. The molecule has 1 nitrogen and oxygen atoms in total. The Morgan fingerprint density at radius 3 is 2.26 bits per heavy atom. The maximum absolute atomic E-state index is 10.0. The highest BCUT2D eigenvalue weighted by Crippen LogP contribution is 2.43. The number of phenolic OH excluding ortho intramolecular Hbond substituents is 1. The van der Waals surface area contributed by atoms with Crippen molar-refractivity contribution in [2.24, 2.45) is 0 Å². The predicted octanol–water partition coefficient (Wildman–Crippen LogP) is 4.83. The van der Waals surface area contributed by atoms with Crippen LogP contribution in [0.1, 0.15) is 48.6 Å². The topological polar surface area (TPSA) is 20.2 Å². The largest absolute Gasteiger partial charge is 0.508 e. The number of hydrogen-bond acceptors (Lipinski definition) is 1. The molecule has 1 N–H and O–H groups in total. The fourth-order valence-corrected chi connectivity index (χ4v) is 3.33. The average Bonchev–Trinajstić information content (AvgIpc) is 2.49. The molecule has 0 bridgehead atoms. The van der Waals surface area contributed by atoms with E-state index < -0.39 is 0 Å². The molecule has 1 heteroatoms. The molecule has 0 spiro atoms. The minimum absolute atomic E-state index is 0.459. The van der Waals surface area contributed by atoms with Crippen LogP contribution in [-0.4, -0.2) is 5.11 Å². The van der Waals surface area contributed by atoms with Gasteiger partial charge in [0.2, 0.25) is 0 Å². The molecule has 0 aromatic heterocycles. The summed E-state index contributed by atoms with van der Waals surface area (Å²) in [5, 5.41) is 10.0. The highest BCUT2D eigenvalue weighted by atomic mass is 16.3. The molecule has 0 heterocycles. The summed E-state index contributed by atoms with van der Waals surface area (Å²) >= 11 is 0. The Morgan fingerprint density at radius 2 is 1.47 bits per heavy atom. The maximum atomic E-state index is 10.0. The fourth-order valence-electron chi connectivity index (χ4n) is 3.33. The molecule has 1 saturated carbocycles. The van der Waals surface area contributed by atoms with Gasteiger partial charge in [0.05, 0.1) is 0 Å². The summed E-state index contributed by atoms with van der Waals surface area (Å²) in [6, 6.07) is 18.6. The van der Waals surface area contributed by atoms with E-state index in [2.05, 4.69) is 36.4 Å². The third-order valence-electron chi connectivity index (χ3n) is 4.32. The van der Waals surface area contributed by atoms with Gasteiger partial charge in [-0.15, -0.1) is 0 Å². The van der Waals surface area contributed by atoms with Crippen LogP contribution in [-0.2, 0) is 0 Å². The molecule has 2 aromatic carbocycles. The van der Waals surface area contributed by atoms with Crippen molar-refractivity contribution < 1.29 is 5.11 Å². The van der Waals surface area contributed by atoms with Gasteiger partial charge in [-0.1, -0.05) is 55.0 Å². The number of phenols is 1. The third kappa shape index (κ3) is 2.65. The zero-order valence-corrected chi connectivity index (χ0v) is 11.1. The summed E-state index contributed by atoms with van der Waals surface area (Å²) in [4.78, 5) is 0. The minimum Gasteiger partial charge on any atom is -0.508 e. The molecule has 2 aromatic rings. The predicted molar refractivity (Wildman–Crippen MR) is 78.5 cm³/mol. The molecule has 0 amide bonds. The van der Waals surface area contributed by atoms with Crippen LogP contribution < -0.4 is 0 Å². The zero-order chi connectivity index (χ0) is 13.1. The summed E-state index contributed by atoms with van der Waals surface area (Å²) < 4.78 is 0. The van der Waals surface area contributed by atoms with Gasteiger partial charge >= 0.3 is 0 Å². The van der Waals surface area contributed by atoms with Gasteiger partial charge in [-0.2, -0.15) is 0 Å². The van der Waals surface area contributed by atoms with Crippen molar-refractivity contribution in [3.05, 3.63) is 65.7 Å². The minimum atomic E-state index is 0.459. The van der Waals surface area contributed by atoms with E-state index in [4.69, 9.17) is 0 Å². The monoisotopic (exact) mass is 252 g/mol. The lowest BCUT2D eigenvalue weighted by Crippen LogP contribution is -2.13. The highest BCUT2D eigenvalue weighted by molar-refractivity contribution is 5.36. The van der Waals surface area contributed by atoms with Crippen molar-refractivity contribution in [1.29, 1.82) is 0 Å². The van der Waals surface area contributed by atoms with Gasteiger partial charge in [-0.05, 0) is 48.3 Å². The molecule has 0 saturated heterocycles. The molecular formula is C18H20O. The molecule has 98 valence electrons. The SMILES string of the molecule is Oc1ccccc1[C@H]1CCC[C@@H](c2ccccc2)C1. The molecule has 0 aliphatic heterocycles. The first-order valence-electron chi connectivity index (χ1n) is 7.17. The van der Waals surface area contributed by atoms with Gasteiger partial charge in [0.15, 0.2) is 0 Å². The quantitative estimate of drug-likeness (QED) is 0.811. The van der Waals surface area contributed by atoms with Crippen LogP contribution in [0.15, 0.2) is 54.6 Å². The van der Waals surface area contributed by atoms with E-state index in [-0.39, 0.29) is 0 Å². The van der Waals surface area contributed by atoms with Crippen LogP contribution in [0.5, 0.6) is 5.75 Å². The molecular weight excluding hydrogens is 232 g/mol.